The van der Waals surface area contributed by atoms with Gasteiger partial charge in [0.05, 0.1) is 23.5 Å². The first kappa shape index (κ1) is 13.1. The Kier molecular flexibility index (Phi) is 3.45. The third kappa shape index (κ3) is 2.57. The molecule has 0 saturated carbocycles. The molecule has 5 heteroatoms. The molecule has 0 aliphatic rings. The number of hydrogen-bond donors (Lipinski definition) is 2. The van der Waals surface area contributed by atoms with Crippen molar-refractivity contribution in [3.63, 3.8) is 0 Å². The average molecular weight is 311 g/mol. The lowest BCUT2D eigenvalue weighted by molar-refractivity contribution is 0.0697. The Morgan fingerprint density at radius 2 is 2.11 bits per heavy atom. The summed E-state index contributed by atoms with van der Waals surface area (Å²) in [5.41, 5.74) is 0.864. The molecule has 0 bridgehead atoms. The molecule has 0 unspecified atom stereocenters. The zero-order chi connectivity index (χ0) is 13.3. The first-order chi connectivity index (χ1) is 8.41. The molecule has 2 N–H and O–H groups in total. The molecule has 0 saturated heterocycles. The molecule has 2 rings (SSSR count). The minimum absolute atomic E-state index is 0.546. The van der Waals surface area contributed by atoms with Gasteiger partial charge in [-0.1, -0.05) is 0 Å². The molecule has 0 spiro atoms. The quantitative estimate of drug-likeness (QED) is 0.916. The smallest absolute Gasteiger partial charge is 0.138 e. The Hall–Kier alpha value is -1.33. The first-order valence-electron chi connectivity index (χ1n) is 5.53. The highest BCUT2D eigenvalue weighted by Gasteiger charge is 2.20. The maximum absolute atomic E-state index is 9.86. The van der Waals surface area contributed by atoms with Gasteiger partial charge in [-0.2, -0.15) is 0 Å². The summed E-state index contributed by atoms with van der Waals surface area (Å²) in [5.74, 6) is 1.32. The number of aromatic nitrogens is 2. The normalized spacial score (nSPS) is 11.6. The number of H-pyrrole nitrogens is 1. The van der Waals surface area contributed by atoms with E-state index in [2.05, 4.69) is 25.9 Å². The number of ether oxygens (including phenoxy) is 1. The van der Waals surface area contributed by atoms with E-state index in [0.717, 1.165) is 21.5 Å². The Morgan fingerprint density at radius 3 is 2.61 bits per heavy atom. The number of halogens is 1. The van der Waals surface area contributed by atoms with Crippen LogP contribution in [0.5, 0.6) is 5.75 Å². The molecule has 0 amide bonds. The summed E-state index contributed by atoms with van der Waals surface area (Å²) in [7, 11) is 1.63. The van der Waals surface area contributed by atoms with Gasteiger partial charge in [0.2, 0.25) is 0 Å². The molecule has 4 nitrogen and oxygen atoms in total. The Morgan fingerprint density at radius 1 is 1.39 bits per heavy atom. The summed E-state index contributed by atoms with van der Waals surface area (Å²) in [6, 6.07) is 5.76. The lowest BCUT2D eigenvalue weighted by Crippen LogP contribution is -2.17. The van der Waals surface area contributed by atoms with Gasteiger partial charge in [-0.15, -0.1) is 0 Å². The van der Waals surface area contributed by atoms with Crippen molar-refractivity contribution in [2.75, 3.05) is 7.11 Å². The second kappa shape index (κ2) is 4.74. The molecule has 0 aliphatic heterocycles. The van der Waals surface area contributed by atoms with Crippen LogP contribution in [0.1, 0.15) is 19.7 Å². The first-order valence-corrected chi connectivity index (χ1v) is 6.33. The predicted octanol–water partition coefficient (Wildman–Crippen LogP) is 3.08. The fourth-order valence-electron chi connectivity index (χ4n) is 1.61. The number of methoxy groups -OCH3 is 1. The molecule has 1 heterocycles. The van der Waals surface area contributed by atoms with Crippen molar-refractivity contribution in [2.24, 2.45) is 0 Å². The molecule has 18 heavy (non-hydrogen) atoms. The van der Waals surface area contributed by atoms with Crippen molar-refractivity contribution in [3.8, 4) is 17.0 Å². The van der Waals surface area contributed by atoms with Gasteiger partial charge in [-0.05, 0) is 48.0 Å². The van der Waals surface area contributed by atoms with Crippen LogP contribution >= 0.6 is 15.9 Å². The Labute approximate surface area is 114 Å². The van der Waals surface area contributed by atoms with Crippen LogP contribution in [0.2, 0.25) is 0 Å². The van der Waals surface area contributed by atoms with Crippen LogP contribution in [0.3, 0.4) is 0 Å². The zero-order valence-electron chi connectivity index (χ0n) is 10.5. The van der Waals surface area contributed by atoms with E-state index in [-0.39, 0.29) is 0 Å². The number of nitrogens with zero attached hydrogens (tertiary/aromatic N) is 1. The molecule has 0 fully saturated rings. The van der Waals surface area contributed by atoms with E-state index in [4.69, 9.17) is 4.74 Å². The Bertz CT molecular complexity index is 558. The van der Waals surface area contributed by atoms with Gasteiger partial charge in [0.1, 0.15) is 17.2 Å². The third-order valence-corrected chi connectivity index (χ3v) is 3.24. The van der Waals surface area contributed by atoms with E-state index in [9.17, 15) is 5.11 Å². The average Bonchev–Trinajstić information content (AvgIpc) is 2.77. The number of imidazole rings is 1. The van der Waals surface area contributed by atoms with Crippen LogP contribution in [0, 0.1) is 0 Å². The summed E-state index contributed by atoms with van der Waals surface area (Å²) in [4.78, 5) is 7.30. The van der Waals surface area contributed by atoms with Gasteiger partial charge in [-0.25, -0.2) is 4.98 Å². The highest BCUT2D eigenvalue weighted by atomic mass is 79.9. The molecule has 1 aromatic heterocycles. The molecule has 0 aliphatic carbocycles. The predicted molar refractivity (Wildman–Crippen MR) is 73.5 cm³/mol. The van der Waals surface area contributed by atoms with Crippen LogP contribution in [0.25, 0.3) is 11.3 Å². The molecule has 2 aromatic rings. The third-order valence-electron chi connectivity index (χ3n) is 2.62. The van der Waals surface area contributed by atoms with Gasteiger partial charge >= 0.3 is 0 Å². The van der Waals surface area contributed by atoms with Gasteiger partial charge in [-0.3, -0.25) is 0 Å². The monoisotopic (exact) mass is 310 g/mol. The second-order valence-corrected chi connectivity index (χ2v) is 5.41. The Balaban J connectivity index is 2.38. The molecule has 0 radical (unpaired) electrons. The second-order valence-electron chi connectivity index (χ2n) is 4.55. The van der Waals surface area contributed by atoms with Crippen molar-refractivity contribution in [1.82, 2.24) is 9.97 Å². The molecule has 0 atom stereocenters. The standard InChI is InChI=1S/C13H15BrN2O2/c1-13(2,17)12-15-7-10(16-12)8-4-5-11(18-3)9(14)6-8/h4-7,17H,1-3H3,(H,15,16). The van der Waals surface area contributed by atoms with Crippen molar-refractivity contribution >= 4 is 15.9 Å². The maximum Gasteiger partial charge on any atom is 0.138 e. The van der Waals surface area contributed by atoms with E-state index < -0.39 is 5.60 Å². The lowest BCUT2D eigenvalue weighted by Gasteiger charge is -2.13. The molecule has 1 aromatic carbocycles. The zero-order valence-corrected chi connectivity index (χ0v) is 12.1. The SMILES string of the molecule is COc1ccc(-c2cnc(C(C)(C)O)[nH]2)cc1Br. The minimum Gasteiger partial charge on any atom is -0.496 e. The number of nitrogens with one attached hydrogen (secondary N) is 1. The van der Waals surface area contributed by atoms with Gasteiger partial charge < -0.3 is 14.8 Å². The van der Waals surface area contributed by atoms with E-state index in [1.807, 2.05) is 18.2 Å². The van der Waals surface area contributed by atoms with Gasteiger partial charge in [0, 0.05) is 5.56 Å². The lowest BCUT2D eigenvalue weighted by atomic mass is 10.1. The van der Waals surface area contributed by atoms with Crippen molar-refractivity contribution in [2.45, 2.75) is 19.4 Å². The van der Waals surface area contributed by atoms with E-state index in [1.165, 1.54) is 0 Å². The summed E-state index contributed by atoms with van der Waals surface area (Å²) in [6.45, 7) is 3.39. The summed E-state index contributed by atoms with van der Waals surface area (Å²) in [5, 5.41) is 9.86. The highest BCUT2D eigenvalue weighted by Crippen LogP contribution is 2.30. The number of aliphatic hydroxyl groups is 1. The van der Waals surface area contributed by atoms with Crippen LogP contribution in [-0.2, 0) is 5.60 Å². The fraction of sp³-hybridized carbons (Fsp3) is 0.308. The minimum atomic E-state index is -0.970. The maximum atomic E-state index is 9.86. The van der Waals surface area contributed by atoms with Crippen LogP contribution in [-0.4, -0.2) is 22.2 Å². The topological polar surface area (TPSA) is 58.1 Å². The summed E-state index contributed by atoms with van der Waals surface area (Å²) >= 11 is 3.44. The van der Waals surface area contributed by atoms with E-state index in [0.29, 0.717) is 5.82 Å². The summed E-state index contributed by atoms with van der Waals surface area (Å²) < 4.78 is 6.06. The van der Waals surface area contributed by atoms with Crippen molar-refractivity contribution < 1.29 is 9.84 Å². The van der Waals surface area contributed by atoms with Crippen LogP contribution in [0.4, 0.5) is 0 Å². The van der Waals surface area contributed by atoms with Gasteiger partial charge in [0.25, 0.3) is 0 Å². The number of aromatic amines is 1. The molecular formula is C13H15BrN2O2. The largest absolute Gasteiger partial charge is 0.496 e. The highest BCUT2D eigenvalue weighted by molar-refractivity contribution is 9.10. The number of benzene rings is 1. The van der Waals surface area contributed by atoms with Crippen molar-refractivity contribution in [3.05, 3.63) is 34.7 Å². The van der Waals surface area contributed by atoms with E-state index >= 15 is 0 Å². The number of rotatable bonds is 3. The van der Waals surface area contributed by atoms with Crippen LogP contribution < -0.4 is 4.74 Å². The molecular weight excluding hydrogens is 296 g/mol. The van der Waals surface area contributed by atoms with Crippen molar-refractivity contribution in [1.29, 1.82) is 0 Å². The number of hydrogen-bond acceptors (Lipinski definition) is 3. The fourth-order valence-corrected chi connectivity index (χ4v) is 2.15. The van der Waals surface area contributed by atoms with Gasteiger partial charge in [0.15, 0.2) is 0 Å². The molecule has 96 valence electrons. The van der Waals surface area contributed by atoms with Crippen LogP contribution in [0.15, 0.2) is 28.9 Å². The van der Waals surface area contributed by atoms with E-state index in [1.54, 1.807) is 27.2 Å². The summed E-state index contributed by atoms with van der Waals surface area (Å²) in [6.07, 6.45) is 1.71.